The van der Waals surface area contributed by atoms with Crippen molar-refractivity contribution in [3.05, 3.63) is 53.7 Å². The highest BCUT2D eigenvalue weighted by Crippen LogP contribution is 2.26. The van der Waals surface area contributed by atoms with Crippen LogP contribution in [-0.2, 0) is 17.8 Å². The highest BCUT2D eigenvalue weighted by atomic mass is 16.5. The van der Waals surface area contributed by atoms with E-state index < -0.39 is 0 Å². The number of benzene rings is 1. The minimum atomic E-state index is -0.142. The van der Waals surface area contributed by atoms with E-state index in [0.717, 1.165) is 61.7 Å². The zero-order valence-electron chi connectivity index (χ0n) is 16.4. The summed E-state index contributed by atoms with van der Waals surface area (Å²) < 4.78 is 5.73. The van der Waals surface area contributed by atoms with E-state index in [1.165, 1.54) is 0 Å². The molecule has 1 atom stereocenters. The van der Waals surface area contributed by atoms with Crippen LogP contribution in [0.2, 0.25) is 0 Å². The Morgan fingerprint density at radius 3 is 2.93 bits per heavy atom. The number of hydrogen-bond donors (Lipinski definition) is 1. The number of nitrogens with one attached hydrogen (secondary N) is 1. The smallest absolute Gasteiger partial charge is 0.227 e. The molecule has 1 aromatic carbocycles. The lowest BCUT2D eigenvalue weighted by Crippen LogP contribution is -2.37. The minimum absolute atomic E-state index is 0.0362. The number of carbonyl (C=O) groups is 1. The second-order valence-electron chi connectivity index (χ2n) is 7.71. The molecule has 2 aromatic rings. The number of hydrogen-bond acceptors (Lipinski definition) is 5. The molecule has 1 aromatic heterocycles. The quantitative estimate of drug-likeness (QED) is 0.880. The summed E-state index contributed by atoms with van der Waals surface area (Å²) in [5, 5.41) is 3.04. The molecule has 3 heterocycles. The first-order valence-corrected chi connectivity index (χ1v) is 10.1. The van der Waals surface area contributed by atoms with Gasteiger partial charge in [0.2, 0.25) is 5.91 Å². The summed E-state index contributed by atoms with van der Waals surface area (Å²) in [6.45, 7) is 5.16. The minimum Gasteiger partial charge on any atom is -0.492 e. The van der Waals surface area contributed by atoms with Crippen LogP contribution < -0.4 is 15.0 Å². The first-order chi connectivity index (χ1) is 13.7. The number of amides is 1. The number of ether oxygens (including phenoxy) is 1. The molecule has 0 aliphatic carbocycles. The maximum Gasteiger partial charge on any atom is 0.227 e. The van der Waals surface area contributed by atoms with E-state index in [4.69, 9.17) is 4.74 Å². The fourth-order valence-electron chi connectivity index (χ4n) is 3.81. The summed E-state index contributed by atoms with van der Waals surface area (Å²) in [6.07, 6.45) is 3.75. The Bertz CT molecular complexity index is 808. The van der Waals surface area contributed by atoms with Crippen LogP contribution in [0, 0.1) is 5.92 Å². The average molecular weight is 380 g/mol. The van der Waals surface area contributed by atoms with Crippen molar-refractivity contribution in [1.29, 1.82) is 0 Å². The largest absolute Gasteiger partial charge is 0.492 e. The first-order valence-electron chi connectivity index (χ1n) is 10.1. The van der Waals surface area contributed by atoms with Gasteiger partial charge in [0.15, 0.2) is 0 Å². The van der Waals surface area contributed by atoms with Gasteiger partial charge in [0.05, 0.1) is 5.92 Å². The number of pyridine rings is 1. The van der Waals surface area contributed by atoms with Gasteiger partial charge in [-0.15, -0.1) is 0 Å². The molecule has 148 valence electrons. The number of fused-ring (bicyclic) bond motifs is 1. The fraction of sp³-hybridized carbons (Fsp3) is 0.455. The van der Waals surface area contributed by atoms with E-state index in [-0.39, 0.29) is 11.8 Å². The van der Waals surface area contributed by atoms with Gasteiger partial charge in [-0.05, 0) is 49.7 Å². The van der Waals surface area contributed by atoms with Gasteiger partial charge in [-0.25, -0.2) is 4.98 Å². The Kier molecular flexibility index (Phi) is 5.76. The Labute approximate surface area is 166 Å². The number of aromatic nitrogens is 1. The summed E-state index contributed by atoms with van der Waals surface area (Å²) in [7, 11) is 2.17. The van der Waals surface area contributed by atoms with Crippen molar-refractivity contribution in [3.63, 3.8) is 0 Å². The van der Waals surface area contributed by atoms with Crippen LogP contribution in [0.15, 0.2) is 42.6 Å². The van der Waals surface area contributed by atoms with Crippen molar-refractivity contribution in [2.24, 2.45) is 5.92 Å². The summed E-state index contributed by atoms with van der Waals surface area (Å²) in [6, 6.07) is 12.0. The zero-order valence-corrected chi connectivity index (χ0v) is 16.4. The molecule has 4 rings (SSSR count). The van der Waals surface area contributed by atoms with Gasteiger partial charge >= 0.3 is 0 Å². The highest BCUT2D eigenvalue weighted by Gasteiger charge is 2.25. The molecule has 2 aliphatic rings. The van der Waals surface area contributed by atoms with Gasteiger partial charge in [-0.2, -0.15) is 0 Å². The number of nitrogens with zero attached hydrogens (tertiary/aromatic N) is 3. The second-order valence-corrected chi connectivity index (χ2v) is 7.71. The van der Waals surface area contributed by atoms with Crippen LogP contribution in [0.5, 0.6) is 5.75 Å². The third kappa shape index (κ3) is 4.44. The standard InChI is InChI=1S/C22H28N4O2/c1-25-9-4-10-26(12-11-25)21-8-7-17(14-23-21)15-24-22(27)19-13-18-5-2-3-6-20(18)28-16-19/h2-3,5-8,14,19H,4,9-13,15-16H2,1H3,(H,24,27). The molecule has 2 aliphatic heterocycles. The molecule has 0 spiro atoms. The number of rotatable bonds is 4. The van der Waals surface area contributed by atoms with Crippen LogP contribution in [-0.4, -0.2) is 55.6 Å². The molecule has 1 amide bonds. The van der Waals surface area contributed by atoms with Crippen molar-refractivity contribution >= 4 is 11.7 Å². The molecular weight excluding hydrogens is 352 g/mol. The van der Waals surface area contributed by atoms with Crippen molar-refractivity contribution in [2.45, 2.75) is 19.4 Å². The molecule has 1 saturated heterocycles. The lowest BCUT2D eigenvalue weighted by Gasteiger charge is -2.24. The summed E-state index contributed by atoms with van der Waals surface area (Å²) in [5.74, 6) is 1.80. The molecule has 0 radical (unpaired) electrons. The monoisotopic (exact) mass is 380 g/mol. The maximum absolute atomic E-state index is 12.5. The molecule has 6 heteroatoms. The molecule has 28 heavy (non-hydrogen) atoms. The number of para-hydroxylation sites is 1. The maximum atomic E-state index is 12.5. The van der Waals surface area contributed by atoms with Crippen molar-refractivity contribution < 1.29 is 9.53 Å². The predicted molar refractivity (Wildman–Crippen MR) is 110 cm³/mol. The third-order valence-corrected chi connectivity index (χ3v) is 5.57. The van der Waals surface area contributed by atoms with E-state index in [1.54, 1.807) is 0 Å². The average Bonchev–Trinajstić information content (AvgIpc) is 2.96. The fourth-order valence-corrected chi connectivity index (χ4v) is 3.81. The van der Waals surface area contributed by atoms with Crippen LogP contribution in [0.3, 0.4) is 0 Å². The Balaban J connectivity index is 1.30. The van der Waals surface area contributed by atoms with Crippen molar-refractivity contribution in [2.75, 3.05) is 44.7 Å². The van der Waals surface area contributed by atoms with E-state index >= 15 is 0 Å². The normalized spacial score (nSPS) is 20.0. The highest BCUT2D eigenvalue weighted by molar-refractivity contribution is 5.79. The van der Waals surface area contributed by atoms with Crippen LogP contribution in [0.1, 0.15) is 17.5 Å². The van der Waals surface area contributed by atoms with Gasteiger partial charge < -0.3 is 19.9 Å². The lowest BCUT2D eigenvalue weighted by atomic mass is 9.96. The van der Waals surface area contributed by atoms with Crippen LogP contribution in [0.4, 0.5) is 5.82 Å². The van der Waals surface area contributed by atoms with E-state index in [2.05, 4.69) is 39.3 Å². The van der Waals surface area contributed by atoms with Crippen LogP contribution in [0.25, 0.3) is 0 Å². The van der Waals surface area contributed by atoms with E-state index in [1.807, 2.05) is 30.5 Å². The van der Waals surface area contributed by atoms with Crippen molar-refractivity contribution in [3.8, 4) is 5.75 Å². The molecule has 6 nitrogen and oxygen atoms in total. The summed E-state index contributed by atoms with van der Waals surface area (Å²) in [5.41, 5.74) is 2.11. The molecule has 1 fully saturated rings. The number of anilines is 1. The number of carbonyl (C=O) groups excluding carboxylic acids is 1. The Morgan fingerprint density at radius 1 is 1.18 bits per heavy atom. The van der Waals surface area contributed by atoms with Gasteiger partial charge in [0, 0.05) is 32.4 Å². The molecule has 0 saturated carbocycles. The topological polar surface area (TPSA) is 57.7 Å². The number of likely N-dealkylation sites (N-methyl/N-ethyl adjacent to an activating group) is 1. The molecular formula is C22H28N4O2. The Morgan fingerprint density at radius 2 is 2.07 bits per heavy atom. The summed E-state index contributed by atoms with van der Waals surface area (Å²) in [4.78, 5) is 21.9. The lowest BCUT2D eigenvalue weighted by molar-refractivity contribution is -0.126. The van der Waals surface area contributed by atoms with E-state index in [9.17, 15) is 4.79 Å². The molecule has 0 bridgehead atoms. The van der Waals surface area contributed by atoms with Gasteiger partial charge in [0.1, 0.15) is 18.2 Å². The zero-order chi connectivity index (χ0) is 19.3. The Hall–Kier alpha value is -2.60. The van der Waals surface area contributed by atoms with Gasteiger partial charge in [-0.1, -0.05) is 24.3 Å². The van der Waals surface area contributed by atoms with E-state index in [0.29, 0.717) is 13.2 Å². The third-order valence-electron chi connectivity index (χ3n) is 5.57. The summed E-state index contributed by atoms with van der Waals surface area (Å²) >= 11 is 0. The predicted octanol–water partition coefficient (Wildman–Crippen LogP) is 2.09. The van der Waals surface area contributed by atoms with Crippen molar-refractivity contribution in [1.82, 2.24) is 15.2 Å². The molecule has 1 N–H and O–H groups in total. The second kappa shape index (κ2) is 8.61. The van der Waals surface area contributed by atoms with Crippen LogP contribution >= 0.6 is 0 Å². The van der Waals surface area contributed by atoms with Gasteiger partial charge in [-0.3, -0.25) is 4.79 Å². The molecule has 1 unspecified atom stereocenters. The SMILES string of the molecule is CN1CCCN(c2ccc(CNC(=O)C3COc4ccccc4C3)cn2)CC1. The van der Waals surface area contributed by atoms with Gasteiger partial charge in [0.25, 0.3) is 0 Å². The first kappa shape index (κ1) is 18.7.